The summed E-state index contributed by atoms with van der Waals surface area (Å²) in [5.41, 5.74) is -0.0549. The first-order valence-corrected chi connectivity index (χ1v) is 6.14. The summed E-state index contributed by atoms with van der Waals surface area (Å²) in [4.78, 5) is 15.9. The molecule has 16 heavy (non-hydrogen) atoms. The van der Waals surface area contributed by atoms with Crippen LogP contribution in [0.3, 0.4) is 0 Å². The largest absolute Gasteiger partial charge is 0.394 e. The highest BCUT2D eigenvalue weighted by atomic mass is 32.2. The van der Waals surface area contributed by atoms with E-state index in [1.54, 1.807) is 32.2 Å². The van der Waals surface area contributed by atoms with E-state index in [4.69, 9.17) is 5.11 Å². The van der Waals surface area contributed by atoms with Crippen LogP contribution in [-0.4, -0.2) is 34.4 Å². The predicted octanol–water partition coefficient (Wildman–Crippen LogP) is 1.30. The third kappa shape index (κ3) is 3.50. The zero-order valence-electron chi connectivity index (χ0n) is 9.65. The smallest absolute Gasteiger partial charge is 0.251 e. The SMILES string of the molecule is CSc1cc(C(=O)NC(C)(C)CO)ccn1. The fourth-order valence-electron chi connectivity index (χ4n) is 1.08. The van der Waals surface area contributed by atoms with E-state index in [2.05, 4.69) is 10.3 Å². The van der Waals surface area contributed by atoms with Crippen molar-refractivity contribution in [3.63, 3.8) is 0 Å². The molecule has 2 N–H and O–H groups in total. The number of aliphatic hydroxyl groups is 1. The van der Waals surface area contributed by atoms with E-state index in [1.807, 2.05) is 6.26 Å². The molecule has 0 unspecified atom stereocenters. The number of hydrogen-bond acceptors (Lipinski definition) is 4. The van der Waals surface area contributed by atoms with Crippen molar-refractivity contribution in [1.29, 1.82) is 0 Å². The third-order valence-corrected chi connectivity index (χ3v) is 2.69. The zero-order valence-corrected chi connectivity index (χ0v) is 10.5. The number of aromatic nitrogens is 1. The standard InChI is InChI=1S/C11H16N2O2S/c1-11(2,7-14)13-10(15)8-4-5-12-9(6-8)16-3/h4-6,14H,7H2,1-3H3,(H,13,15). The van der Waals surface area contributed by atoms with E-state index in [-0.39, 0.29) is 12.5 Å². The van der Waals surface area contributed by atoms with Crippen LogP contribution >= 0.6 is 11.8 Å². The lowest BCUT2D eigenvalue weighted by atomic mass is 10.1. The Morgan fingerprint density at radius 1 is 1.62 bits per heavy atom. The van der Waals surface area contributed by atoms with Gasteiger partial charge in [0, 0.05) is 11.8 Å². The molecule has 1 amide bonds. The van der Waals surface area contributed by atoms with Gasteiger partial charge in [-0.3, -0.25) is 4.79 Å². The van der Waals surface area contributed by atoms with Crippen molar-refractivity contribution in [3.05, 3.63) is 23.9 Å². The van der Waals surface area contributed by atoms with E-state index >= 15 is 0 Å². The summed E-state index contributed by atoms with van der Waals surface area (Å²) < 4.78 is 0. The maximum absolute atomic E-state index is 11.8. The van der Waals surface area contributed by atoms with Crippen LogP contribution in [0.25, 0.3) is 0 Å². The maximum atomic E-state index is 11.8. The Bertz CT molecular complexity index is 380. The highest BCUT2D eigenvalue weighted by Crippen LogP contribution is 2.13. The molecule has 0 aliphatic rings. The van der Waals surface area contributed by atoms with Crippen molar-refractivity contribution in [1.82, 2.24) is 10.3 Å². The molecule has 4 nitrogen and oxygen atoms in total. The Labute approximate surface area is 99.5 Å². The van der Waals surface area contributed by atoms with Crippen molar-refractivity contribution in [2.75, 3.05) is 12.9 Å². The normalized spacial score (nSPS) is 11.2. The van der Waals surface area contributed by atoms with Crippen LogP contribution in [0.1, 0.15) is 24.2 Å². The number of carbonyl (C=O) groups is 1. The molecule has 0 spiro atoms. The molecule has 1 aromatic rings. The molecule has 0 aliphatic carbocycles. The van der Waals surface area contributed by atoms with Gasteiger partial charge in [0.1, 0.15) is 0 Å². The molecule has 0 atom stereocenters. The first-order chi connectivity index (χ1) is 7.48. The van der Waals surface area contributed by atoms with Gasteiger partial charge in [0.2, 0.25) is 0 Å². The number of rotatable bonds is 4. The van der Waals surface area contributed by atoms with E-state index in [0.29, 0.717) is 5.56 Å². The molecule has 1 aromatic heterocycles. The summed E-state index contributed by atoms with van der Waals surface area (Å²) in [7, 11) is 0. The molecular weight excluding hydrogens is 224 g/mol. The van der Waals surface area contributed by atoms with E-state index in [1.165, 1.54) is 11.8 Å². The number of pyridine rings is 1. The van der Waals surface area contributed by atoms with Crippen LogP contribution in [0.2, 0.25) is 0 Å². The molecule has 5 heteroatoms. The minimum absolute atomic E-state index is 0.0980. The van der Waals surface area contributed by atoms with Crippen LogP contribution in [0.4, 0.5) is 0 Å². The summed E-state index contributed by atoms with van der Waals surface area (Å²) in [6, 6.07) is 3.38. The monoisotopic (exact) mass is 240 g/mol. The van der Waals surface area contributed by atoms with Gasteiger partial charge in [-0.1, -0.05) is 0 Å². The van der Waals surface area contributed by atoms with Gasteiger partial charge in [-0.05, 0) is 32.2 Å². The quantitative estimate of drug-likeness (QED) is 0.779. The minimum atomic E-state index is -0.611. The van der Waals surface area contributed by atoms with Gasteiger partial charge < -0.3 is 10.4 Å². The Morgan fingerprint density at radius 3 is 2.88 bits per heavy atom. The first kappa shape index (κ1) is 13.0. The predicted molar refractivity (Wildman–Crippen MR) is 64.6 cm³/mol. The van der Waals surface area contributed by atoms with Gasteiger partial charge >= 0.3 is 0 Å². The summed E-state index contributed by atoms with van der Waals surface area (Å²) in [5, 5.41) is 12.6. The second kappa shape index (κ2) is 5.32. The van der Waals surface area contributed by atoms with Crippen LogP contribution < -0.4 is 5.32 Å². The molecule has 1 heterocycles. The molecule has 0 bridgehead atoms. The fourth-order valence-corrected chi connectivity index (χ4v) is 1.49. The molecule has 0 fully saturated rings. The fraction of sp³-hybridized carbons (Fsp3) is 0.455. The Hall–Kier alpha value is -1.07. The molecule has 88 valence electrons. The average molecular weight is 240 g/mol. The van der Waals surface area contributed by atoms with Crippen molar-refractivity contribution >= 4 is 17.7 Å². The van der Waals surface area contributed by atoms with Gasteiger partial charge in [-0.15, -0.1) is 11.8 Å². The van der Waals surface area contributed by atoms with Gasteiger partial charge in [0.15, 0.2) is 0 Å². The number of nitrogens with one attached hydrogen (secondary N) is 1. The van der Waals surface area contributed by atoms with Crippen LogP contribution in [-0.2, 0) is 0 Å². The second-order valence-corrected chi connectivity index (χ2v) is 4.91. The van der Waals surface area contributed by atoms with Crippen LogP contribution in [0.5, 0.6) is 0 Å². The van der Waals surface area contributed by atoms with Crippen molar-refractivity contribution < 1.29 is 9.90 Å². The van der Waals surface area contributed by atoms with Crippen molar-refractivity contribution in [2.45, 2.75) is 24.4 Å². The summed E-state index contributed by atoms with van der Waals surface area (Å²) in [6.45, 7) is 3.43. The second-order valence-electron chi connectivity index (χ2n) is 4.08. The van der Waals surface area contributed by atoms with Gasteiger partial charge in [0.25, 0.3) is 5.91 Å². The third-order valence-electron chi connectivity index (χ3n) is 2.05. The first-order valence-electron chi connectivity index (χ1n) is 4.92. The Balaban J connectivity index is 2.80. The average Bonchev–Trinajstić information content (AvgIpc) is 2.28. The Kier molecular flexibility index (Phi) is 4.32. The van der Waals surface area contributed by atoms with Crippen LogP contribution in [0.15, 0.2) is 23.4 Å². The molecule has 1 rings (SSSR count). The van der Waals surface area contributed by atoms with Gasteiger partial charge in [-0.25, -0.2) is 4.98 Å². The van der Waals surface area contributed by atoms with Crippen molar-refractivity contribution in [3.8, 4) is 0 Å². The lowest BCUT2D eigenvalue weighted by Crippen LogP contribution is -2.46. The van der Waals surface area contributed by atoms with E-state index < -0.39 is 5.54 Å². The number of hydrogen-bond donors (Lipinski definition) is 2. The number of aliphatic hydroxyl groups excluding tert-OH is 1. The lowest BCUT2D eigenvalue weighted by molar-refractivity contribution is 0.0869. The van der Waals surface area contributed by atoms with Gasteiger partial charge in [-0.2, -0.15) is 0 Å². The molecule has 0 aromatic carbocycles. The molecule has 0 aliphatic heterocycles. The van der Waals surface area contributed by atoms with Crippen LogP contribution in [0, 0.1) is 0 Å². The van der Waals surface area contributed by atoms with Crippen molar-refractivity contribution in [2.24, 2.45) is 0 Å². The zero-order chi connectivity index (χ0) is 12.2. The number of carbonyl (C=O) groups excluding carboxylic acids is 1. The molecule has 0 saturated carbocycles. The summed E-state index contributed by atoms with van der Waals surface area (Å²) >= 11 is 1.48. The number of amides is 1. The lowest BCUT2D eigenvalue weighted by Gasteiger charge is -2.23. The molecular formula is C11H16N2O2S. The maximum Gasteiger partial charge on any atom is 0.251 e. The van der Waals surface area contributed by atoms with E-state index in [0.717, 1.165) is 5.03 Å². The molecule has 0 saturated heterocycles. The highest BCUT2D eigenvalue weighted by molar-refractivity contribution is 7.98. The summed E-state index contributed by atoms with van der Waals surface area (Å²) in [5.74, 6) is -0.197. The number of nitrogens with zero attached hydrogens (tertiary/aromatic N) is 1. The summed E-state index contributed by atoms with van der Waals surface area (Å²) in [6.07, 6.45) is 3.51. The minimum Gasteiger partial charge on any atom is -0.394 e. The topological polar surface area (TPSA) is 62.2 Å². The van der Waals surface area contributed by atoms with Gasteiger partial charge in [0.05, 0.1) is 17.2 Å². The highest BCUT2D eigenvalue weighted by Gasteiger charge is 2.20. The Morgan fingerprint density at radius 2 is 2.31 bits per heavy atom. The molecule has 0 radical (unpaired) electrons. The number of thioether (sulfide) groups is 1. The van der Waals surface area contributed by atoms with E-state index in [9.17, 15) is 4.79 Å².